The summed E-state index contributed by atoms with van der Waals surface area (Å²) in [5.74, 6) is 1.06. The van der Waals surface area contributed by atoms with Crippen LogP contribution < -0.4 is 10.3 Å². The predicted molar refractivity (Wildman–Crippen MR) is 121 cm³/mol. The van der Waals surface area contributed by atoms with E-state index in [0.717, 1.165) is 23.2 Å². The predicted octanol–water partition coefficient (Wildman–Crippen LogP) is 4.19. The number of benzene rings is 2. The molecule has 1 amide bonds. The Morgan fingerprint density at radius 1 is 0.968 bits per heavy atom. The number of likely N-dealkylation sites (tertiary alicyclic amines) is 1. The number of halogens is 1. The van der Waals surface area contributed by atoms with E-state index in [1.165, 1.54) is 0 Å². The highest BCUT2D eigenvalue weighted by molar-refractivity contribution is 6.30. The molecule has 3 heterocycles. The highest BCUT2D eigenvalue weighted by Crippen LogP contribution is 2.40. The van der Waals surface area contributed by atoms with Crippen molar-refractivity contribution in [3.05, 3.63) is 87.8 Å². The Kier molecular flexibility index (Phi) is 5.28. The van der Waals surface area contributed by atoms with Gasteiger partial charge < -0.3 is 14.2 Å². The molecule has 1 fully saturated rings. The normalized spacial score (nSPS) is 19.6. The topological polar surface area (TPSA) is 51.5 Å². The van der Waals surface area contributed by atoms with E-state index < -0.39 is 0 Å². The molecule has 158 valence electrons. The van der Waals surface area contributed by atoms with E-state index >= 15 is 0 Å². The van der Waals surface area contributed by atoms with Crippen molar-refractivity contribution in [1.82, 2.24) is 9.47 Å². The highest BCUT2D eigenvalue weighted by Gasteiger charge is 2.37. The van der Waals surface area contributed by atoms with Crippen molar-refractivity contribution in [3.8, 4) is 16.9 Å². The molecule has 0 unspecified atom stereocenters. The molecule has 2 bridgehead atoms. The Morgan fingerprint density at radius 3 is 2.52 bits per heavy atom. The zero-order valence-electron chi connectivity index (χ0n) is 17.0. The molecule has 2 aliphatic rings. The number of para-hydroxylation sites is 1. The summed E-state index contributed by atoms with van der Waals surface area (Å²) in [4.78, 5) is 27.4. The monoisotopic (exact) mass is 434 g/mol. The largest absolute Gasteiger partial charge is 0.484 e. The third-order valence-corrected chi connectivity index (χ3v) is 6.46. The Morgan fingerprint density at radius 2 is 1.74 bits per heavy atom. The lowest BCUT2D eigenvalue weighted by Gasteiger charge is -2.43. The summed E-state index contributed by atoms with van der Waals surface area (Å²) < 4.78 is 7.58. The Balaban J connectivity index is 1.41. The molecule has 0 radical (unpaired) electrons. The second-order valence-electron chi connectivity index (χ2n) is 8.29. The average molecular weight is 435 g/mol. The Bertz CT molecular complexity index is 1160. The third-order valence-electron chi connectivity index (χ3n) is 6.20. The molecular formula is C25H23ClN2O3. The summed E-state index contributed by atoms with van der Waals surface area (Å²) in [5.41, 5.74) is 3.11. The number of hydrogen-bond donors (Lipinski definition) is 0. The van der Waals surface area contributed by atoms with Gasteiger partial charge in [0.05, 0.1) is 0 Å². The third kappa shape index (κ3) is 3.98. The standard InChI is InChI=1S/C25H23ClN2O3/c26-20-8-6-18(7-9-20)22-10-11-23(29)28-14-17-12-19(25(22)28)15-27(13-17)24(30)16-31-21-4-2-1-3-5-21/h1-11,17,19H,12-16H2/t17-,19-/m1/s1. The van der Waals surface area contributed by atoms with Crippen LogP contribution in [-0.2, 0) is 11.3 Å². The van der Waals surface area contributed by atoms with Crippen molar-refractivity contribution in [2.24, 2.45) is 5.92 Å². The minimum absolute atomic E-state index is 0.0154. The van der Waals surface area contributed by atoms with E-state index in [-0.39, 0.29) is 29.9 Å². The molecule has 0 N–H and O–H groups in total. The van der Waals surface area contributed by atoms with Gasteiger partial charge in [0.2, 0.25) is 0 Å². The number of aromatic nitrogens is 1. The molecule has 0 spiro atoms. The number of ether oxygens (including phenoxy) is 1. The van der Waals surface area contributed by atoms with Gasteiger partial charge in [-0.2, -0.15) is 0 Å². The first-order valence-electron chi connectivity index (χ1n) is 10.5. The van der Waals surface area contributed by atoms with Gasteiger partial charge in [-0.05, 0) is 48.2 Å². The van der Waals surface area contributed by atoms with E-state index in [1.54, 1.807) is 6.07 Å². The van der Waals surface area contributed by atoms with Crippen molar-refractivity contribution in [3.63, 3.8) is 0 Å². The number of hydrogen-bond acceptors (Lipinski definition) is 3. The maximum atomic E-state index is 12.9. The Labute approximate surface area is 185 Å². The molecule has 1 aromatic heterocycles. The average Bonchev–Trinajstić information content (AvgIpc) is 2.79. The van der Waals surface area contributed by atoms with Crippen LogP contribution in [0, 0.1) is 5.92 Å². The van der Waals surface area contributed by atoms with Gasteiger partial charge in [-0.15, -0.1) is 0 Å². The number of carbonyl (C=O) groups is 1. The van der Waals surface area contributed by atoms with Gasteiger partial charge in [-0.3, -0.25) is 9.59 Å². The van der Waals surface area contributed by atoms with E-state index in [2.05, 4.69) is 0 Å². The fourth-order valence-corrected chi connectivity index (χ4v) is 4.97. The van der Waals surface area contributed by atoms with Crippen molar-refractivity contribution in [2.45, 2.75) is 18.9 Å². The molecular weight excluding hydrogens is 412 g/mol. The summed E-state index contributed by atoms with van der Waals surface area (Å²) in [6.45, 7) is 1.91. The fraction of sp³-hybridized carbons (Fsp3) is 0.280. The molecule has 1 saturated heterocycles. The van der Waals surface area contributed by atoms with Gasteiger partial charge in [0, 0.05) is 47.9 Å². The summed E-state index contributed by atoms with van der Waals surface area (Å²) in [6, 6.07) is 20.6. The van der Waals surface area contributed by atoms with E-state index in [0.29, 0.717) is 30.4 Å². The smallest absolute Gasteiger partial charge is 0.260 e. The van der Waals surface area contributed by atoms with Crippen molar-refractivity contribution in [2.75, 3.05) is 19.7 Å². The summed E-state index contributed by atoms with van der Waals surface area (Å²) >= 11 is 6.07. The zero-order valence-corrected chi connectivity index (χ0v) is 17.8. The molecule has 5 nitrogen and oxygen atoms in total. The first-order chi connectivity index (χ1) is 15.1. The van der Waals surface area contributed by atoms with Crippen LogP contribution in [0.1, 0.15) is 18.0 Å². The maximum absolute atomic E-state index is 12.9. The fourth-order valence-electron chi connectivity index (χ4n) is 4.85. The van der Waals surface area contributed by atoms with Crippen LogP contribution in [0.3, 0.4) is 0 Å². The first kappa shape index (κ1) is 19.9. The van der Waals surface area contributed by atoms with Gasteiger partial charge >= 0.3 is 0 Å². The minimum atomic E-state index is -0.0154. The van der Waals surface area contributed by atoms with Crippen molar-refractivity contribution >= 4 is 17.5 Å². The lowest BCUT2D eigenvalue weighted by atomic mass is 9.80. The zero-order chi connectivity index (χ0) is 21.4. The molecule has 3 aromatic rings. The number of rotatable bonds is 4. The lowest BCUT2D eigenvalue weighted by Crippen LogP contribution is -2.50. The van der Waals surface area contributed by atoms with Crippen LogP contribution in [-0.4, -0.2) is 35.1 Å². The Hall–Kier alpha value is -3.05. The number of fused-ring (bicyclic) bond motifs is 4. The molecule has 31 heavy (non-hydrogen) atoms. The van der Waals surface area contributed by atoms with Crippen LogP contribution in [0.4, 0.5) is 0 Å². The minimum Gasteiger partial charge on any atom is -0.484 e. The number of piperidine rings is 1. The van der Waals surface area contributed by atoms with Gasteiger partial charge in [0.1, 0.15) is 5.75 Å². The van der Waals surface area contributed by atoms with E-state index in [1.807, 2.05) is 70.1 Å². The quantitative estimate of drug-likeness (QED) is 0.618. The number of carbonyl (C=O) groups excluding carboxylic acids is 1. The second-order valence-corrected chi connectivity index (χ2v) is 8.72. The first-order valence-corrected chi connectivity index (χ1v) is 10.9. The lowest BCUT2D eigenvalue weighted by molar-refractivity contribution is -0.136. The molecule has 2 atom stereocenters. The van der Waals surface area contributed by atoms with E-state index in [9.17, 15) is 9.59 Å². The van der Waals surface area contributed by atoms with Gasteiger partial charge in [0.25, 0.3) is 11.5 Å². The molecule has 6 heteroatoms. The number of amides is 1. The van der Waals surface area contributed by atoms with Crippen LogP contribution in [0.2, 0.25) is 5.02 Å². The molecule has 0 aliphatic carbocycles. The second kappa shape index (κ2) is 8.23. The molecule has 0 saturated carbocycles. The van der Waals surface area contributed by atoms with Crippen LogP contribution in [0.25, 0.3) is 11.1 Å². The maximum Gasteiger partial charge on any atom is 0.260 e. The van der Waals surface area contributed by atoms with Gasteiger partial charge in [0.15, 0.2) is 6.61 Å². The molecule has 2 aromatic carbocycles. The van der Waals surface area contributed by atoms with Gasteiger partial charge in [-0.25, -0.2) is 0 Å². The van der Waals surface area contributed by atoms with Crippen LogP contribution in [0.15, 0.2) is 71.5 Å². The summed E-state index contributed by atoms with van der Waals surface area (Å²) in [6.07, 6.45) is 0.980. The van der Waals surface area contributed by atoms with E-state index in [4.69, 9.17) is 16.3 Å². The van der Waals surface area contributed by atoms with Crippen molar-refractivity contribution in [1.29, 1.82) is 0 Å². The summed E-state index contributed by atoms with van der Waals surface area (Å²) in [5, 5.41) is 0.679. The molecule has 5 rings (SSSR count). The SMILES string of the molecule is O=C(COc1ccccc1)N1C[C@H]2C[C@H](C1)c1c(-c3ccc(Cl)cc3)ccc(=O)n1C2. The van der Waals surface area contributed by atoms with Crippen LogP contribution >= 0.6 is 11.6 Å². The van der Waals surface area contributed by atoms with Crippen molar-refractivity contribution < 1.29 is 9.53 Å². The number of nitrogens with zero attached hydrogens (tertiary/aromatic N) is 2. The molecule has 2 aliphatic heterocycles. The van der Waals surface area contributed by atoms with Gasteiger partial charge in [-0.1, -0.05) is 41.9 Å². The highest BCUT2D eigenvalue weighted by atomic mass is 35.5. The summed E-state index contributed by atoms with van der Waals surface area (Å²) in [7, 11) is 0. The van der Waals surface area contributed by atoms with Crippen LogP contribution in [0.5, 0.6) is 5.75 Å². The number of pyridine rings is 1.